The molecule has 26 heavy (non-hydrogen) atoms. The second-order valence-electron chi connectivity index (χ2n) is 6.84. The maximum atomic E-state index is 13.3. The van der Waals surface area contributed by atoms with Crippen LogP contribution in [0.25, 0.3) is 0 Å². The van der Waals surface area contributed by atoms with Gasteiger partial charge in [0.05, 0.1) is 11.4 Å². The first-order valence-corrected chi connectivity index (χ1v) is 10.1. The summed E-state index contributed by atoms with van der Waals surface area (Å²) in [6.07, 6.45) is 0.767. The summed E-state index contributed by atoms with van der Waals surface area (Å²) in [6, 6.07) is 5.10. The largest absolute Gasteiger partial charge is 0.338 e. The molecule has 9 heteroatoms. The van der Waals surface area contributed by atoms with Crippen molar-refractivity contribution in [2.45, 2.75) is 31.7 Å². The third-order valence-electron chi connectivity index (χ3n) is 4.22. The summed E-state index contributed by atoms with van der Waals surface area (Å²) in [7, 11) is -3.67. The third kappa shape index (κ3) is 4.46. The van der Waals surface area contributed by atoms with Crippen LogP contribution in [-0.4, -0.2) is 53.9 Å². The van der Waals surface area contributed by atoms with Gasteiger partial charge in [-0.2, -0.15) is 9.29 Å². The maximum Gasteiger partial charge on any atom is 0.243 e. The Hall–Kier alpha value is -1.84. The summed E-state index contributed by atoms with van der Waals surface area (Å²) in [5, 5.41) is 3.97. The second kappa shape index (κ2) is 7.81. The monoisotopic (exact) mass is 382 g/mol. The predicted molar refractivity (Wildman–Crippen MR) is 93.3 cm³/mol. The Morgan fingerprint density at radius 1 is 1.23 bits per heavy atom. The number of sulfonamides is 1. The molecule has 1 aliphatic rings. The minimum atomic E-state index is -3.67. The van der Waals surface area contributed by atoms with Crippen molar-refractivity contribution in [2.24, 2.45) is 5.92 Å². The van der Waals surface area contributed by atoms with Crippen molar-refractivity contribution in [3.63, 3.8) is 0 Å². The van der Waals surface area contributed by atoms with E-state index in [1.165, 1.54) is 22.5 Å². The molecule has 3 rings (SSSR count). The number of hydrogen-bond donors (Lipinski definition) is 0. The first-order valence-electron chi connectivity index (χ1n) is 8.64. The van der Waals surface area contributed by atoms with Crippen LogP contribution in [-0.2, 0) is 23.0 Å². The molecule has 0 bridgehead atoms. The molecule has 0 saturated carbocycles. The van der Waals surface area contributed by atoms with E-state index >= 15 is 0 Å². The zero-order valence-corrected chi connectivity index (χ0v) is 15.7. The highest BCUT2D eigenvalue weighted by Crippen LogP contribution is 2.19. The zero-order chi connectivity index (χ0) is 18.7. The fraction of sp³-hybridized carbons (Fsp3) is 0.529. The molecule has 1 saturated heterocycles. The Labute approximate surface area is 152 Å². The fourth-order valence-electron chi connectivity index (χ4n) is 2.90. The standard InChI is InChI=1S/C17H23FN4O3S/c1-13(2)10-16-19-17(25-20-16)12-21-6-8-22(9-7-21)26(23,24)15-5-3-4-14(18)11-15/h3-5,11,13H,6-10,12H2,1-2H3. The van der Waals surface area contributed by atoms with Crippen molar-refractivity contribution in [1.29, 1.82) is 0 Å². The molecular formula is C17H23FN4O3S. The summed E-state index contributed by atoms with van der Waals surface area (Å²) in [4.78, 5) is 6.44. The molecule has 2 aromatic rings. The number of hydrogen-bond acceptors (Lipinski definition) is 6. The van der Waals surface area contributed by atoms with Gasteiger partial charge in [0.2, 0.25) is 15.9 Å². The summed E-state index contributed by atoms with van der Waals surface area (Å²) >= 11 is 0. The molecule has 0 amide bonds. The highest BCUT2D eigenvalue weighted by Gasteiger charge is 2.29. The average molecular weight is 382 g/mol. The number of halogens is 1. The molecule has 0 atom stereocenters. The van der Waals surface area contributed by atoms with Gasteiger partial charge in [-0.25, -0.2) is 12.8 Å². The Morgan fingerprint density at radius 3 is 2.62 bits per heavy atom. The second-order valence-corrected chi connectivity index (χ2v) is 8.78. The van der Waals surface area contributed by atoms with Crippen molar-refractivity contribution in [3.05, 3.63) is 41.8 Å². The Balaban J connectivity index is 1.58. The molecule has 142 valence electrons. The topological polar surface area (TPSA) is 79.5 Å². The van der Waals surface area contributed by atoms with Crippen LogP contribution in [0.2, 0.25) is 0 Å². The van der Waals surface area contributed by atoms with Crippen LogP contribution >= 0.6 is 0 Å². The lowest BCUT2D eigenvalue weighted by atomic mass is 10.1. The molecule has 1 aromatic carbocycles. The first kappa shape index (κ1) is 18.9. The van der Waals surface area contributed by atoms with Crippen LogP contribution < -0.4 is 0 Å². The first-order chi connectivity index (χ1) is 12.3. The van der Waals surface area contributed by atoms with E-state index in [1.807, 2.05) is 0 Å². The number of rotatable bonds is 6. The zero-order valence-electron chi connectivity index (χ0n) is 14.9. The number of aromatic nitrogens is 2. The molecule has 0 N–H and O–H groups in total. The molecular weight excluding hydrogens is 359 g/mol. The highest BCUT2D eigenvalue weighted by atomic mass is 32.2. The van der Waals surface area contributed by atoms with Gasteiger partial charge in [-0.05, 0) is 24.1 Å². The van der Waals surface area contributed by atoms with Crippen LogP contribution in [0.5, 0.6) is 0 Å². The maximum absolute atomic E-state index is 13.3. The molecule has 0 radical (unpaired) electrons. The molecule has 1 aliphatic heterocycles. The summed E-state index contributed by atoms with van der Waals surface area (Å²) < 4.78 is 45.2. The van der Waals surface area contributed by atoms with Crippen molar-refractivity contribution < 1.29 is 17.3 Å². The van der Waals surface area contributed by atoms with Gasteiger partial charge < -0.3 is 4.52 Å². The van der Waals surface area contributed by atoms with Crippen LogP contribution in [0.15, 0.2) is 33.7 Å². The molecule has 2 heterocycles. The van der Waals surface area contributed by atoms with E-state index in [0.717, 1.165) is 12.5 Å². The fourth-order valence-corrected chi connectivity index (χ4v) is 4.35. The lowest BCUT2D eigenvalue weighted by Crippen LogP contribution is -2.48. The van der Waals surface area contributed by atoms with E-state index < -0.39 is 15.8 Å². The van der Waals surface area contributed by atoms with Gasteiger partial charge in [-0.15, -0.1) is 0 Å². The van der Waals surface area contributed by atoms with E-state index in [4.69, 9.17) is 4.52 Å². The lowest BCUT2D eigenvalue weighted by Gasteiger charge is -2.33. The van der Waals surface area contributed by atoms with Gasteiger partial charge in [0.25, 0.3) is 0 Å². The molecule has 0 unspecified atom stereocenters. The summed E-state index contributed by atoms with van der Waals surface area (Å²) in [5.74, 6) is 1.14. The van der Waals surface area contributed by atoms with Crippen molar-refractivity contribution >= 4 is 10.0 Å². The van der Waals surface area contributed by atoms with Gasteiger partial charge in [0.1, 0.15) is 5.82 Å². The minimum Gasteiger partial charge on any atom is -0.338 e. The van der Waals surface area contributed by atoms with Crippen LogP contribution in [0, 0.1) is 11.7 Å². The summed E-state index contributed by atoms with van der Waals surface area (Å²) in [6.45, 7) is 6.46. The van der Waals surface area contributed by atoms with E-state index in [9.17, 15) is 12.8 Å². The quantitative estimate of drug-likeness (QED) is 0.759. The molecule has 7 nitrogen and oxygen atoms in total. The molecule has 0 spiro atoms. The van der Waals surface area contributed by atoms with Crippen molar-refractivity contribution in [1.82, 2.24) is 19.3 Å². The minimum absolute atomic E-state index is 0.0128. The number of nitrogens with zero attached hydrogens (tertiary/aromatic N) is 4. The molecule has 1 fully saturated rings. The Bertz CT molecular complexity index is 845. The van der Waals surface area contributed by atoms with Crippen LogP contribution in [0.4, 0.5) is 4.39 Å². The molecule has 1 aromatic heterocycles. The van der Waals surface area contributed by atoms with Crippen molar-refractivity contribution in [3.8, 4) is 0 Å². The van der Waals surface area contributed by atoms with Gasteiger partial charge in [-0.1, -0.05) is 25.1 Å². The Kier molecular flexibility index (Phi) is 5.69. The van der Waals surface area contributed by atoms with E-state index in [-0.39, 0.29) is 4.90 Å². The molecule has 0 aliphatic carbocycles. The van der Waals surface area contributed by atoms with Crippen LogP contribution in [0.1, 0.15) is 25.6 Å². The smallest absolute Gasteiger partial charge is 0.243 e. The van der Waals surface area contributed by atoms with E-state index in [0.29, 0.717) is 50.4 Å². The predicted octanol–water partition coefficient (Wildman–Crippen LogP) is 1.91. The third-order valence-corrected chi connectivity index (χ3v) is 6.12. The normalized spacial score (nSPS) is 17.1. The SMILES string of the molecule is CC(C)Cc1noc(CN2CCN(S(=O)(=O)c3cccc(F)c3)CC2)n1. The number of benzene rings is 1. The van der Waals surface area contributed by atoms with Gasteiger partial charge in [0, 0.05) is 32.6 Å². The van der Waals surface area contributed by atoms with Gasteiger partial charge in [-0.3, -0.25) is 4.90 Å². The number of piperazine rings is 1. The van der Waals surface area contributed by atoms with Gasteiger partial charge >= 0.3 is 0 Å². The van der Waals surface area contributed by atoms with E-state index in [1.54, 1.807) is 0 Å². The highest BCUT2D eigenvalue weighted by molar-refractivity contribution is 7.89. The van der Waals surface area contributed by atoms with E-state index in [2.05, 4.69) is 28.9 Å². The van der Waals surface area contributed by atoms with Gasteiger partial charge in [0.15, 0.2) is 5.82 Å². The van der Waals surface area contributed by atoms with Crippen LogP contribution in [0.3, 0.4) is 0 Å². The van der Waals surface area contributed by atoms with Crippen molar-refractivity contribution in [2.75, 3.05) is 26.2 Å². The average Bonchev–Trinajstić information content (AvgIpc) is 3.01. The Morgan fingerprint density at radius 2 is 1.96 bits per heavy atom. The lowest BCUT2D eigenvalue weighted by molar-refractivity contribution is 0.163. The summed E-state index contributed by atoms with van der Waals surface area (Å²) in [5.41, 5.74) is 0.